The molecule has 0 aliphatic rings. The third-order valence-electron chi connectivity index (χ3n) is 3.09. The second-order valence-corrected chi connectivity index (χ2v) is 5.17. The van der Waals surface area contributed by atoms with E-state index in [1.807, 2.05) is 26.0 Å². The van der Waals surface area contributed by atoms with E-state index in [0.29, 0.717) is 5.92 Å². The van der Waals surface area contributed by atoms with Gasteiger partial charge in [-0.05, 0) is 61.4 Å². The number of ether oxygens (including phenoxy) is 1. The van der Waals surface area contributed by atoms with Crippen LogP contribution < -0.4 is 4.74 Å². The number of hydrogen-bond acceptors (Lipinski definition) is 2. The van der Waals surface area contributed by atoms with Gasteiger partial charge in [-0.2, -0.15) is 0 Å². The van der Waals surface area contributed by atoms with Crippen molar-refractivity contribution in [3.05, 3.63) is 28.8 Å². The topological polar surface area (TPSA) is 29.5 Å². The van der Waals surface area contributed by atoms with E-state index >= 15 is 0 Å². The van der Waals surface area contributed by atoms with Crippen molar-refractivity contribution in [2.24, 2.45) is 5.92 Å². The van der Waals surface area contributed by atoms with E-state index in [9.17, 15) is 5.11 Å². The first-order valence-electron chi connectivity index (χ1n) is 6.29. The summed E-state index contributed by atoms with van der Waals surface area (Å²) < 4.78 is 5.33. The van der Waals surface area contributed by atoms with Crippen LogP contribution in [-0.4, -0.2) is 12.2 Å². The monoisotopic (exact) mass is 236 g/mol. The summed E-state index contributed by atoms with van der Waals surface area (Å²) in [7, 11) is 1.68. The van der Waals surface area contributed by atoms with E-state index in [0.717, 1.165) is 35.3 Å². The Balaban J connectivity index is 2.84. The Labute approximate surface area is 105 Å². The molecule has 0 aromatic heterocycles. The first-order chi connectivity index (χ1) is 7.95. The average Bonchev–Trinajstić information content (AvgIpc) is 2.25. The van der Waals surface area contributed by atoms with Gasteiger partial charge >= 0.3 is 0 Å². The molecule has 0 heterocycles. The minimum atomic E-state index is -0.360. The van der Waals surface area contributed by atoms with Crippen LogP contribution in [0.25, 0.3) is 0 Å². The largest absolute Gasteiger partial charge is 0.496 e. The molecule has 1 unspecified atom stereocenters. The number of hydrogen-bond donors (Lipinski definition) is 1. The molecule has 1 atom stereocenters. The lowest BCUT2D eigenvalue weighted by Crippen LogP contribution is -2.02. The molecule has 0 saturated carbocycles. The quantitative estimate of drug-likeness (QED) is 0.843. The molecular weight excluding hydrogens is 212 g/mol. The van der Waals surface area contributed by atoms with Crippen LogP contribution in [0, 0.1) is 19.8 Å². The van der Waals surface area contributed by atoms with Gasteiger partial charge in [0, 0.05) is 0 Å². The van der Waals surface area contributed by atoms with Gasteiger partial charge < -0.3 is 9.84 Å². The minimum absolute atomic E-state index is 0.360. The summed E-state index contributed by atoms with van der Waals surface area (Å²) in [5.41, 5.74) is 3.18. The fourth-order valence-corrected chi connectivity index (χ4v) is 2.16. The van der Waals surface area contributed by atoms with Crippen LogP contribution in [0.3, 0.4) is 0 Å². The van der Waals surface area contributed by atoms with Gasteiger partial charge in [-0.1, -0.05) is 13.8 Å². The van der Waals surface area contributed by atoms with Crippen LogP contribution in [0.2, 0.25) is 0 Å². The Bertz CT molecular complexity index is 346. The van der Waals surface area contributed by atoms with Crippen molar-refractivity contribution in [3.8, 4) is 5.75 Å². The highest BCUT2D eigenvalue weighted by Crippen LogP contribution is 2.29. The van der Waals surface area contributed by atoms with E-state index in [1.165, 1.54) is 0 Å². The van der Waals surface area contributed by atoms with Crippen molar-refractivity contribution in [1.29, 1.82) is 0 Å². The number of rotatable bonds is 5. The second kappa shape index (κ2) is 6.06. The maximum absolute atomic E-state index is 10.1. The summed E-state index contributed by atoms with van der Waals surface area (Å²) in [5.74, 6) is 1.55. The number of aliphatic hydroxyl groups is 1. The highest BCUT2D eigenvalue weighted by Gasteiger charge is 2.12. The second-order valence-electron chi connectivity index (χ2n) is 5.17. The normalized spacial score (nSPS) is 12.9. The molecular formula is C15H24O2. The van der Waals surface area contributed by atoms with Crippen molar-refractivity contribution in [1.82, 2.24) is 0 Å². The van der Waals surface area contributed by atoms with Crippen LogP contribution in [0.5, 0.6) is 5.75 Å². The standard InChI is InChI=1S/C15H24O2/c1-10(2)6-7-14(16)13-8-11(3)15(17-5)12(4)9-13/h8-10,14,16H,6-7H2,1-5H3. The first-order valence-corrected chi connectivity index (χ1v) is 6.29. The van der Waals surface area contributed by atoms with Gasteiger partial charge in [0.05, 0.1) is 13.2 Å². The predicted octanol–water partition coefficient (Wildman–Crippen LogP) is 3.78. The van der Waals surface area contributed by atoms with Crippen LogP contribution in [-0.2, 0) is 0 Å². The van der Waals surface area contributed by atoms with Crippen molar-refractivity contribution in [2.75, 3.05) is 7.11 Å². The van der Waals surface area contributed by atoms with E-state index in [1.54, 1.807) is 7.11 Å². The van der Waals surface area contributed by atoms with Crippen LogP contribution in [0.1, 0.15) is 49.5 Å². The highest BCUT2D eigenvalue weighted by molar-refractivity contribution is 5.43. The number of aliphatic hydroxyl groups excluding tert-OH is 1. The van der Waals surface area contributed by atoms with Gasteiger partial charge in [0.2, 0.25) is 0 Å². The molecule has 1 rings (SSSR count). The minimum Gasteiger partial charge on any atom is -0.496 e. The molecule has 2 nitrogen and oxygen atoms in total. The van der Waals surface area contributed by atoms with E-state index in [-0.39, 0.29) is 6.10 Å². The van der Waals surface area contributed by atoms with E-state index in [2.05, 4.69) is 13.8 Å². The molecule has 1 N–H and O–H groups in total. The van der Waals surface area contributed by atoms with Gasteiger partial charge in [-0.25, -0.2) is 0 Å². The molecule has 17 heavy (non-hydrogen) atoms. The van der Waals surface area contributed by atoms with Crippen molar-refractivity contribution in [3.63, 3.8) is 0 Å². The fraction of sp³-hybridized carbons (Fsp3) is 0.600. The lowest BCUT2D eigenvalue weighted by Gasteiger charge is -2.16. The Morgan fingerprint density at radius 3 is 2.06 bits per heavy atom. The third-order valence-corrected chi connectivity index (χ3v) is 3.09. The molecule has 0 amide bonds. The Morgan fingerprint density at radius 1 is 1.12 bits per heavy atom. The lowest BCUT2D eigenvalue weighted by molar-refractivity contribution is 0.159. The molecule has 1 aromatic carbocycles. The molecule has 2 heteroatoms. The summed E-state index contributed by atoms with van der Waals surface area (Å²) >= 11 is 0. The van der Waals surface area contributed by atoms with Crippen LogP contribution in [0.4, 0.5) is 0 Å². The van der Waals surface area contributed by atoms with Crippen molar-refractivity contribution in [2.45, 2.75) is 46.6 Å². The summed E-state index contributed by atoms with van der Waals surface area (Å²) in [4.78, 5) is 0. The summed E-state index contributed by atoms with van der Waals surface area (Å²) in [6.07, 6.45) is 1.51. The molecule has 0 spiro atoms. The smallest absolute Gasteiger partial charge is 0.124 e. The average molecular weight is 236 g/mol. The van der Waals surface area contributed by atoms with Crippen molar-refractivity contribution < 1.29 is 9.84 Å². The Hall–Kier alpha value is -1.02. The van der Waals surface area contributed by atoms with E-state index < -0.39 is 0 Å². The zero-order valence-electron chi connectivity index (χ0n) is 11.6. The fourth-order valence-electron chi connectivity index (χ4n) is 2.16. The molecule has 0 saturated heterocycles. The number of benzene rings is 1. The third kappa shape index (κ3) is 3.74. The van der Waals surface area contributed by atoms with Crippen LogP contribution >= 0.6 is 0 Å². The number of aryl methyl sites for hydroxylation is 2. The SMILES string of the molecule is COc1c(C)cc(C(O)CCC(C)C)cc1C. The maximum atomic E-state index is 10.1. The molecule has 0 bridgehead atoms. The molecule has 0 radical (unpaired) electrons. The van der Waals surface area contributed by atoms with Gasteiger partial charge in [-0.3, -0.25) is 0 Å². The first kappa shape index (κ1) is 14.0. The van der Waals surface area contributed by atoms with E-state index in [4.69, 9.17) is 4.74 Å². The molecule has 96 valence electrons. The van der Waals surface area contributed by atoms with Crippen molar-refractivity contribution >= 4 is 0 Å². The Morgan fingerprint density at radius 2 is 1.65 bits per heavy atom. The maximum Gasteiger partial charge on any atom is 0.124 e. The summed E-state index contributed by atoms with van der Waals surface area (Å²) in [6.45, 7) is 8.39. The summed E-state index contributed by atoms with van der Waals surface area (Å²) in [6, 6.07) is 4.05. The van der Waals surface area contributed by atoms with Gasteiger partial charge in [0.25, 0.3) is 0 Å². The molecule has 0 aliphatic carbocycles. The predicted molar refractivity (Wildman–Crippen MR) is 71.5 cm³/mol. The molecule has 0 fully saturated rings. The van der Waals surface area contributed by atoms with Gasteiger partial charge in [0.15, 0.2) is 0 Å². The number of methoxy groups -OCH3 is 1. The molecule has 1 aromatic rings. The zero-order valence-corrected chi connectivity index (χ0v) is 11.6. The van der Waals surface area contributed by atoms with Gasteiger partial charge in [-0.15, -0.1) is 0 Å². The Kier molecular flexibility index (Phi) is 5.01. The zero-order chi connectivity index (χ0) is 13.0. The van der Waals surface area contributed by atoms with Gasteiger partial charge in [0.1, 0.15) is 5.75 Å². The molecule has 0 aliphatic heterocycles. The highest BCUT2D eigenvalue weighted by atomic mass is 16.5. The summed E-state index contributed by atoms with van der Waals surface area (Å²) in [5, 5.41) is 10.1. The van der Waals surface area contributed by atoms with Crippen LogP contribution in [0.15, 0.2) is 12.1 Å². The lowest BCUT2D eigenvalue weighted by atomic mass is 9.96.